The lowest BCUT2D eigenvalue weighted by molar-refractivity contribution is -0.148. The van der Waals surface area contributed by atoms with Crippen LogP contribution in [0.5, 0.6) is 0 Å². The van der Waals surface area contributed by atoms with Gasteiger partial charge in [-0.3, -0.25) is 9.63 Å². The summed E-state index contributed by atoms with van der Waals surface area (Å²) >= 11 is 0. The molecule has 0 aromatic carbocycles. The molecule has 1 amide bonds. The van der Waals surface area contributed by atoms with Gasteiger partial charge in [-0.15, -0.1) is 0 Å². The molecular formula is C11H18N2O2. The molecule has 15 heavy (non-hydrogen) atoms. The van der Waals surface area contributed by atoms with E-state index in [0.717, 1.165) is 0 Å². The highest BCUT2D eigenvalue weighted by Crippen LogP contribution is 2.44. The van der Waals surface area contributed by atoms with E-state index in [2.05, 4.69) is 11.5 Å². The maximum atomic E-state index is 11.6. The molecule has 4 heteroatoms. The third-order valence-corrected chi connectivity index (χ3v) is 2.62. The Morgan fingerprint density at radius 1 is 1.67 bits per heavy atom. The lowest BCUT2D eigenvalue weighted by atomic mass is 9.63. The predicted molar refractivity (Wildman–Crippen MR) is 55.4 cm³/mol. The number of hydrogen-bond acceptors (Lipinski definition) is 3. The summed E-state index contributed by atoms with van der Waals surface area (Å²) in [7, 11) is 0. The Bertz CT molecular complexity index is 275. The number of nitrogens with zero attached hydrogens (tertiary/aromatic N) is 1. The highest BCUT2D eigenvalue weighted by molar-refractivity contribution is 5.85. The second-order valence-electron chi connectivity index (χ2n) is 4.84. The van der Waals surface area contributed by atoms with Gasteiger partial charge in [0.1, 0.15) is 5.41 Å². The summed E-state index contributed by atoms with van der Waals surface area (Å²) in [6.45, 7) is 6.51. The first kappa shape index (κ1) is 12.0. The van der Waals surface area contributed by atoms with Crippen LogP contribution < -0.4 is 5.48 Å². The molecule has 0 heterocycles. The topological polar surface area (TPSA) is 62.1 Å². The molecule has 84 valence electrons. The van der Waals surface area contributed by atoms with Gasteiger partial charge in [-0.2, -0.15) is 5.26 Å². The van der Waals surface area contributed by atoms with E-state index in [0.29, 0.717) is 31.3 Å². The molecule has 0 aromatic heterocycles. The molecule has 1 rings (SSSR count). The minimum absolute atomic E-state index is 0.288. The summed E-state index contributed by atoms with van der Waals surface area (Å²) in [5, 5.41) is 8.97. The SMILES string of the molecule is CC(C)CONC(=O)C1(C#N)CC(C)C1. The summed E-state index contributed by atoms with van der Waals surface area (Å²) in [6.07, 6.45) is 1.28. The van der Waals surface area contributed by atoms with E-state index < -0.39 is 5.41 Å². The summed E-state index contributed by atoms with van der Waals surface area (Å²) < 4.78 is 0. The van der Waals surface area contributed by atoms with E-state index in [9.17, 15) is 4.79 Å². The van der Waals surface area contributed by atoms with Gasteiger partial charge in [0.25, 0.3) is 5.91 Å². The fourth-order valence-corrected chi connectivity index (χ4v) is 1.83. The molecule has 4 nitrogen and oxygen atoms in total. The zero-order valence-corrected chi connectivity index (χ0v) is 9.54. The van der Waals surface area contributed by atoms with Crippen molar-refractivity contribution in [1.82, 2.24) is 5.48 Å². The van der Waals surface area contributed by atoms with Crippen LogP contribution in [-0.2, 0) is 9.63 Å². The van der Waals surface area contributed by atoms with E-state index >= 15 is 0 Å². The first-order valence-corrected chi connectivity index (χ1v) is 5.33. The number of rotatable bonds is 4. The van der Waals surface area contributed by atoms with Gasteiger partial charge >= 0.3 is 0 Å². The van der Waals surface area contributed by atoms with Crippen molar-refractivity contribution in [3.8, 4) is 6.07 Å². The number of carbonyl (C=O) groups is 1. The number of hydroxylamine groups is 1. The van der Waals surface area contributed by atoms with Gasteiger partial charge in [-0.25, -0.2) is 5.48 Å². The molecule has 1 fully saturated rings. The van der Waals surface area contributed by atoms with E-state index in [1.54, 1.807) is 0 Å². The maximum absolute atomic E-state index is 11.6. The Labute approximate surface area is 90.6 Å². The number of nitrogens with one attached hydrogen (secondary N) is 1. The van der Waals surface area contributed by atoms with Crippen LogP contribution in [0, 0.1) is 28.6 Å². The molecule has 0 aliphatic heterocycles. The molecule has 0 bridgehead atoms. The van der Waals surface area contributed by atoms with Gasteiger partial charge in [0, 0.05) is 0 Å². The van der Waals surface area contributed by atoms with Crippen molar-refractivity contribution in [2.45, 2.75) is 33.6 Å². The van der Waals surface area contributed by atoms with Crippen LogP contribution in [0.25, 0.3) is 0 Å². The zero-order chi connectivity index (χ0) is 11.5. The average molecular weight is 210 g/mol. The van der Waals surface area contributed by atoms with E-state index in [-0.39, 0.29) is 5.91 Å². The van der Waals surface area contributed by atoms with E-state index in [1.165, 1.54) is 0 Å². The fourth-order valence-electron chi connectivity index (χ4n) is 1.83. The predicted octanol–water partition coefficient (Wildman–Crippen LogP) is 1.63. The van der Waals surface area contributed by atoms with Crippen LogP contribution in [0.4, 0.5) is 0 Å². The molecule has 1 aliphatic carbocycles. The summed E-state index contributed by atoms with van der Waals surface area (Å²) in [5.41, 5.74) is 1.53. The van der Waals surface area contributed by atoms with Gasteiger partial charge in [0.2, 0.25) is 0 Å². The minimum Gasteiger partial charge on any atom is -0.273 e. The molecule has 0 unspecified atom stereocenters. The largest absolute Gasteiger partial charge is 0.273 e. The van der Waals surface area contributed by atoms with Gasteiger partial charge < -0.3 is 0 Å². The molecule has 1 aliphatic rings. The van der Waals surface area contributed by atoms with Crippen LogP contribution >= 0.6 is 0 Å². The molecule has 0 saturated heterocycles. The lowest BCUT2D eigenvalue weighted by Crippen LogP contribution is -2.48. The number of amides is 1. The van der Waals surface area contributed by atoms with Crippen LogP contribution in [0.1, 0.15) is 33.6 Å². The highest BCUT2D eigenvalue weighted by atomic mass is 16.7. The Morgan fingerprint density at radius 3 is 2.67 bits per heavy atom. The number of hydrogen-bond donors (Lipinski definition) is 1. The monoisotopic (exact) mass is 210 g/mol. The zero-order valence-electron chi connectivity index (χ0n) is 9.54. The number of carbonyl (C=O) groups excluding carboxylic acids is 1. The van der Waals surface area contributed by atoms with Crippen molar-refractivity contribution in [1.29, 1.82) is 5.26 Å². The first-order valence-electron chi connectivity index (χ1n) is 5.33. The summed E-state index contributed by atoms with van der Waals surface area (Å²) in [5.74, 6) is 0.535. The molecule has 1 saturated carbocycles. The van der Waals surface area contributed by atoms with E-state index in [4.69, 9.17) is 10.1 Å². The maximum Gasteiger partial charge on any atom is 0.264 e. The fraction of sp³-hybridized carbons (Fsp3) is 0.818. The van der Waals surface area contributed by atoms with Gasteiger partial charge in [-0.1, -0.05) is 20.8 Å². The van der Waals surface area contributed by atoms with Crippen LogP contribution in [0.2, 0.25) is 0 Å². The van der Waals surface area contributed by atoms with Crippen molar-refractivity contribution < 1.29 is 9.63 Å². The van der Waals surface area contributed by atoms with Crippen molar-refractivity contribution in [3.05, 3.63) is 0 Å². The number of nitriles is 1. The standard InChI is InChI=1S/C11H18N2O2/c1-8(2)6-15-13-10(14)11(7-12)4-9(3)5-11/h8-9H,4-6H2,1-3H3,(H,13,14). The van der Waals surface area contributed by atoms with E-state index in [1.807, 2.05) is 20.8 Å². The van der Waals surface area contributed by atoms with Crippen LogP contribution in [-0.4, -0.2) is 12.5 Å². The molecule has 0 aromatic rings. The van der Waals surface area contributed by atoms with Gasteiger partial charge in [0.15, 0.2) is 0 Å². The lowest BCUT2D eigenvalue weighted by Gasteiger charge is -2.38. The quantitative estimate of drug-likeness (QED) is 0.717. The molecule has 1 N–H and O–H groups in total. The van der Waals surface area contributed by atoms with Crippen molar-refractivity contribution in [2.75, 3.05) is 6.61 Å². The van der Waals surface area contributed by atoms with Crippen LogP contribution in [0.15, 0.2) is 0 Å². The Morgan fingerprint density at radius 2 is 2.27 bits per heavy atom. The second-order valence-corrected chi connectivity index (χ2v) is 4.84. The minimum atomic E-state index is -0.837. The third kappa shape index (κ3) is 2.69. The van der Waals surface area contributed by atoms with Crippen LogP contribution in [0.3, 0.4) is 0 Å². The Balaban J connectivity index is 2.37. The Kier molecular flexibility index (Phi) is 3.70. The second kappa shape index (κ2) is 4.63. The van der Waals surface area contributed by atoms with Gasteiger partial charge in [-0.05, 0) is 24.7 Å². The molecule has 0 spiro atoms. The Hall–Kier alpha value is -1.08. The smallest absolute Gasteiger partial charge is 0.264 e. The molecule has 0 atom stereocenters. The summed E-state index contributed by atoms with van der Waals surface area (Å²) in [4.78, 5) is 16.7. The average Bonchev–Trinajstić information content (AvgIpc) is 2.11. The first-order chi connectivity index (χ1) is 7.00. The molecule has 0 radical (unpaired) electrons. The normalized spacial score (nSPS) is 29.4. The summed E-state index contributed by atoms with van der Waals surface area (Å²) in [6, 6.07) is 2.09. The van der Waals surface area contributed by atoms with Gasteiger partial charge in [0.05, 0.1) is 12.7 Å². The third-order valence-electron chi connectivity index (χ3n) is 2.62. The van der Waals surface area contributed by atoms with Crippen molar-refractivity contribution in [2.24, 2.45) is 17.3 Å². The molecular weight excluding hydrogens is 192 g/mol. The van der Waals surface area contributed by atoms with Crippen molar-refractivity contribution in [3.63, 3.8) is 0 Å². The van der Waals surface area contributed by atoms with Crippen molar-refractivity contribution >= 4 is 5.91 Å². The highest BCUT2D eigenvalue weighted by Gasteiger charge is 2.49.